The molecule has 0 saturated heterocycles. The third kappa shape index (κ3) is 5.38. The quantitative estimate of drug-likeness (QED) is 0.760. The second kappa shape index (κ2) is 8.09. The van der Waals surface area contributed by atoms with Crippen molar-refractivity contribution in [2.24, 2.45) is 17.8 Å². The Morgan fingerprint density at radius 1 is 1.28 bits per heavy atom. The number of carbonyl (C=O) groups is 1. The van der Waals surface area contributed by atoms with E-state index in [0.29, 0.717) is 37.1 Å². The van der Waals surface area contributed by atoms with Gasteiger partial charge in [-0.1, -0.05) is 13.8 Å². The van der Waals surface area contributed by atoms with Crippen molar-refractivity contribution in [1.82, 2.24) is 4.98 Å². The number of carbonyl (C=O) groups excluding carboxylic acids is 1. The van der Waals surface area contributed by atoms with Crippen molar-refractivity contribution in [2.45, 2.75) is 64.7 Å². The predicted molar refractivity (Wildman–Crippen MR) is 103 cm³/mol. The number of rotatable bonds is 5. The summed E-state index contributed by atoms with van der Waals surface area (Å²) in [5.74, 6) is 0.122. The Morgan fingerprint density at radius 2 is 1.97 bits per heavy atom. The number of aromatic nitrogens is 1. The van der Waals surface area contributed by atoms with Crippen molar-refractivity contribution >= 4 is 11.4 Å². The van der Waals surface area contributed by atoms with Gasteiger partial charge in [0.05, 0.1) is 24.0 Å². The fraction of sp³-hybridized carbons (Fsp3) is 0.636. The third-order valence-electron chi connectivity index (χ3n) is 5.80. The first kappa shape index (κ1) is 21.8. The molecule has 1 aromatic rings. The summed E-state index contributed by atoms with van der Waals surface area (Å²) in [5, 5.41) is 10.0. The number of pyridine rings is 1. The van der Waals surface area contributed by atoms with E-state index in [9.17, 15) is 23.1 Å². The van der Waals surface area contributed by atoms with Gasteiger partial charge in [0.2, 0.25) is 0 Å². The fourth-order valence-electron chi connectivity index (χ4n) is 4.21. The molecule has 1 saturated carbocycles. The predicted octanol–water partition coefficient (Wildman–Crippen LogP) is 4.74. The maximum Gasteiger partial charge on any atom is 0.417 e. The van der Waals surface area contributed by atoms with Crippen LogP contribution in [0.25, 0.3) is 5.57 Å². The molecule has 7 heteroatoms. The van der Waals surface area contributed by atoms with E-state index in [2.05, 4.69) is 4.98 Å². The number of allylic oxidation sites excluding steroid dienone is 2. The minimum atomic E-state index is -4.66. The van der Waals surface area contributed by atoms with Crippen molar-refractivity contribution in [3.05, 3.63) is 29.6 Å². The van der Waals surface area contributed by atoms with Crippen LogP contribution < -0.4 is 4.74 Å². The zero-order valence-corrected chi connectivity index (χ0v) is 17.1. The van der Waals surface area contributed by atoms with Gasteiger partial charge in [-0.3, -0.25) is 9.78 Å². The Kier molecular flexibility index (Phi) is 6.08. The Morgan fingerprint density at radius 3 is 2.55 bits per heavy atom. The number of hydrogen-bond donors (Lipinski definition) is 1. The normalized spacial score (nSPS) is 29.4. The van der Waals surface area contributed by atoms with E-state index in [0.717, 1.165) is 6.42 Å². The second-order valence-electron chi connectivity index (χ2n) is 9.05. The average molecular weight is 411 g/mol. The van der Waals surface area contributed by atoms with Gasteiger partial charge in [0.1, 0.15) is 5.75 Å². The number of ketones is 1. The first-order valence-corrected chi connectivity index (χ1v) is 10.1. The number of aliphatic hydroxyl groups is 1. The topological polar surface area (TPSA) is 59.4 Å². The summed E-state index contributed by atoms with van der Waals surface area (Å²) in [6.07, 6.45) is -0.294. The number of fused-ring (bicyclic) bond motifs is 1. The monoisotopic (exact) mass is 411 g/mol. The minimum Gasteiger partial charge on any atom is -0.492 e. The first-order valence-electron chi connectivity index (χ1n) is 10.1. The van der Waals surface area contributed by atoms with Gasteiger partial charge in [-0.2, -0.15) is 13.2 Å². The van der Waals surface area contributed by atoms with E-state index >= 15 is 0 Å². The van der Waals surface area contributed by atoms with E-state index in [-0.39, 0.29) is 36.0 Å². The molecule has 0 aliphatic heterocycles. The molecule has 0 aromatic carbocycles. The molecular formula is C22H28F3NO3. The van der Waals surface area contributed by atoms with Gasteiger partial charge in [0, 0.05) is 17.7 Å². The molecule has 4 nitrogen and oxygen atoms in total. The Hall–Kier alpha value is -1.89. The van der Waals surface area contributed by atoms with Gasteiger partial charge in [0.25, 0.3) is 0 Å². The lowest BCUT2D eigenvalue weighted by Gasteiger charge is -2.45. The standard InChI is InChI=1S/C22H28F3NO3/c1-13(2)4-5-29-17-9-18-19(22(23,24)25)8-16(27)6-14(7-20(18)26-12-17)15-10-21(3,28)11-15/h8-9,12-15,28H,4-7,10-11H2,1-3H3/b19-8+. The summed E-state index contributed by atoms with van der Waals surface area (Å²) in [6.45, 7) is 6.21. The maximum absolute atomic E-state index is 13.7. The van der Waals surface area contributed by atoms with Crippen LogP contribution in [0, 0.1) is 17.8 Å². The van der Waals surface area contributed by atoms with Crippen molar-refractivity contribution < 1.29 is 27.8 Å². The average Bonchev–Trinajstić information content (AvgIpc) is 2.55. The van der Waals surface area contributed by atoms with Crippen LogP contribution in [0.3, 0.4) is 0 Å². The molecular weight excluding hydrogens is 383 g/mol. The van der Waals surface area contributed by atoms with Crippen molar-refractivity contribution in [2.75, 3.05) is 6.61 Å². The molecule has 1 heterocycles. The lowest BCUT2D eigenvalue weighted by Crippen LogP contribution is -2.45. The van der Waals surface area contributed by atoms with Gasteiger partial charge in [0.15, 0.2) is 5.78 Å². The molecule has 0 bridgehead atoms. The lowest BCUT2D eigenvalue weighted by molar-refractivity contribution is -0.119. The molecule has 160 valence electrons. The Bertz CT molecular complexity index is 791. The number of nitrogens with zero attached hydrogens (tertiary/aromatic N) is 1. The summed E-state index contributed by atoms with van der Waals surface area (Å²) >= 11 is 0. The SMILES string of the molecule is CC(C)CCOc1cnc2c(c1)/C(C(F)(F)F)=C\C(=O)CC(C1CC(C)(O)C1)C2. The Balaban J connectivity index is 1.92. The smallest absolute Gasteiger partial charge is 0.417 e. The van der Waals surface area contributed by atoms with Gasteiger partial charge in [-0.25, -0.2) is 0 Å². The lowest BCUT2D eigenvalue weighted by atomic mass is 9.64. The summed E-state index contributed by atoms with van der Waals surface area (Å²) < 4.78 is 46.7. The largest absolute Gasteiger partial charge is 0.492 e. The van der Waals surface area contributed by atoms with E-state index in [1.807, 2.05) is 13.8 Å². The van der Waals surface area contributed by atoms with Crippen molar-refractivity contribution in [3.63, 3.8) is 0 Å². The third-order valence-corrected chi connectivity index (χ3v) is 5.80. The molecule has 1 aromatic heterocycles. The van der Waals surface area contributed by atoms with Crippen LogP contribution in [-0.4, -0.2) is 34.3 Å². The molecule has 1 N–H and O–H groups in total. The van der Waals surface area contributed by atoms with Gasteiger partial charge >= 0.3 is 6.18 Å². The highest BCUT2D eigenvalue weighted by Gasteiger charge is 2.45. The summed E-state index contributed by atoms with van der Waals surface area (Å²) in [5.41, 5.74) is -1.47. The molecule has 1 fully saturated rings. The molecule has 2 aliphatic carbocycles. The maximum atomic E-state index is 13.7. The number of ether oxygens (including phenoxy) is 1. The van der Waals surface area contributed by atoms with E-state index in [1.54, 1.807) is 6.92 Å². The van der Waals surface area contributed by atoms with Crippen LogP contribution >= 0.6 is 0 Å². The molecule has 2 aliphatic rings. The van der Waals surface area contributed by atoms with Crippen LogP contribution in [0.15, 0.2) is 18.3 Å². The molecule has 29 heavy (non-hydrogen) atoms. The van der Waals surface area contributed by atoms with Gasteiger partial charge < -0.3 is 9.84 Å². The zero-order chi connectivity index (χ0) is 21.4. The van der Waals surface area contributed by atoms with E-state index < -0.39 is 23.1 Å². The highest BCUT2D eigenvalue weighted by Crippen LogP contribution is 2.46. The zero-order valence-electron chi connectivity index (χ0n) is 17.1. The fourth-order valence-corrected chi connectivity index (χ4v) is 4.21. The molecule has 1 unspecified atom stereocenters. The minimum absolute atomic E-state index is 0.0358. The Labute approximate surface area is 169 Å². The van der Waals surface area contributed by atoms with E-state index in [1.165, 1.54) is 12.3 Å². The molecule has 1 atom stereocenters. The number of hydrogen-bond acceptors (Lipinski definition) is 4. The van der Waals surface area contributed by atoms with Crippen molar-refractivity contribution in [3.8, 4) is 5.75 Å². The van der Waals surface area contributed by atoms with Gasteiger partial charge in [-0.15, -0.1) is 0 Å². The summed E-state index contributed by atoms with van der Waals surface area (Å²) in [6, 6.07) is 1.36. The van der Waals surface area contributed by atoms with Crippen LogP contribution in [0.2, 0.25) is 0 Å². The van der Waals surface area contributed by atoms with Crippen molar-refractivity contribution in [1.29, 1.82) is 0 Å². The molecule has 0 radical (unpaired) electrons. The number of alkyl halides is 3. The highest BCUT2D eigenvalue weighted by molar-refractivity contribution is 5.98. The molecule has 3 rings (SSSR count). The van der Waals surface area contributed by atoms with Gasteiger partial charge in [-0.05, 0) is 62.5 Å². The van der Waals surface area contributed by atoms with Crippen LogP contribution in [0.1, 0.15) is 57.7 Å². The summed E-state index contributed by atoms with van der Waals surface area (Å²) in [7, 11) is 0. The van der Waals surface area contributed by atoms with Crippen LogP contribution in [0.4, 0.5) is 13.2 Å². The summed E-state index contributed by atoms with van der Waals surface area (Å²) in [4.78, 5) is 16.7. The van der Waals surface area contributed by atoms with Crippen LogP contribution in [0.5, 0.6) is 5.75 Å². The highest BCUT2D eigenvalue weighted by atomic mass is 19.4. The van der Waals surface area contributed by atoms with Crippen LogP contribution in [-0.2, 0) is 11.2 Å². The molecule has 0 spiro atoms. The molecule has 0 amide bonds. The first-order chi connectivity index (χ1) is 13.4. The number of halogens is 3. The van der Waals surface area contributed by atoms with E-state index in [4.69, 9.17) is 4.74 Å². The second-order valence-corrected chi connectivity index (χ2v) is 9.05.